The van der Waals surface area contributed by atoms with Gasteiger partial charge in [0.15, 0.2) is 0 Å². The number of carbonyl (C=O) groups excluding carboxylic acids is 1. The molecule has 4 rings (SSSR count). The highest BCUT2D eigenvalue weighted by Gasteiger charge is 2.36. The molecule has 1 atom stereocenters. The predicted molar refractivity (Wildman–Crippen MR) is 98.7 cm³/mol. The lowest BCUT2D eigenvalue weighted by Crippen LogP contribution is -2.30. The van der Waals surface area contributed by atoms with Crippen LogP contribution in [0.3, 0.4) is 0 Å². The zero-order chi connectivity index (χ0) is 19.0. The number of hydrogen-bond donors (Lipinski definition) is 1. The number of aryl methyl sites for hydroxylation is 1. The van der Waals surface area contributed by atoms with Crippen molar-refractivity contribution >= 4 is 11.9 Å². The summed E-state index contributed by atoms with van der Waals surface area (Å²) in [5.74, 6) is 0.193. The zero-order valence-electron chi connectivity index (χ0n) is 15.4. The number of fused-ring (bicyclic) bond motifs is 1. The minimum atomic E-state index is -0.444. The van der Waals surface area contributed by atoms with Crippen LogP contribution in [0.1, 0.15) is 29.8 Å². The lowest BCUT2D eigenvalue weighted by atomic mass is 9.96. The second-order valence-electron chi connectivity index (χ2n) is 6.47. The van der Waals surface area contributed by atoms with Crippen LogP contribution in [0, 0.1) is 6.92 Å². The first-order valence-corrected chi connectivity index (χ1v) is 8.63. The third-order valence-corrected chi connectivity index (χ3v) is 4.79. The zero-order valence-corrected chi connectivity index (χ0v) is 15.4. The van der Waals surface area contributed by atoms with Gasteiger partial charge < -0.3 is 10.1 Å². The fourth-order valence-corrected chi connectivity index (χ4v) is 3.23. The fourth-order valence-electron chi connectivity index (χ4n) is 3.23. The number of carbonyl (C=O) groups is 1. The number of hydrogen-bond acceptors (Lipinski definition) is 6. The van der Waals surface area contributed by atoms with Crippen molar-refractivity contribution in [3.05, 3.63) is 70.9 Å². The highest BCUT2D eigenvalue weighted by atomic mass is 16.5. The van der Waals surface area contributed by atoms with E-state index in [1.165, 1.54) is 6.33 Å². The highest BCUT2D eigenvalue weighted by Crippen LogP contribution is 2.36. The quantitative estimate of drug-likeness (QED) is 0.715. The third kappa shape index (κ3) is 2.99. The molecule has 1 N–H and O–H groups in total. The molecule has 2 aromatic heterocycles. The Labute approximate surface area is 156 Å². The monoisotopic (exact) mass is 364 g/mol. The Morgan fingerprint density at radius 1 is 1.22 bits per heavy atom. The lowest BCUT2D eigenvalue weighted by Gasteiger charge is -2.27. The fraction of sp³-hybridized carbons (Fsp3) is 0.263. The maximum atomic E-state index is 13.0. The first-order valence-electron chi connectivity index (χ1n) is 8.63. The van der Waals surface area contributed by atoms with Crippen molar-refractivity contribution in [1.82, 2.24) is 24.5 Å². The first kappa shape index (κ1) is 17.0. The van der Waals surface area contributed by atoms with Crippen LogP contribution < -0.4 is 5.32 Å². The average Bonchev–Trinajstić information content (AvgIpc) is 3.26. The van der Waals surface area contributed by atoms with E-state index in [2.05, 4.69) is 20.5 Å². The molecule has 1 aliphatic rings. The third-order valence-electron chi connectivity index (χ3n) is 4.79. The summed E-state index contributed by atoms with van der Waals surface area (Å²) in [6.45, 7) is 4.01. The van der Waals surface area contributed by atoms with Crippen molar-refractivity contribution in [2.75, 3.05) is 5.32 Å². The molecular weight excluding hydrogens is 344 g/mol. The number of allylic oxidation sites excluding steroid dienone is 1. The van der Waals surface area contributed by atoms with Crippen LogP contribution in [-0.4, -0.2) is 30.5 Å². The summed E-state index contributed by atoms with van der Waals surface area (Å²) < 4.78 is 9.07. The van der Waals surface area contributed by atoms with Crippen LogP contribution in [0.5, 0.6) is 0 Å². The van der Waals surface area contributed by atoms with E-state index in [1.807, 2.05) is 51.2 Å². The molecule has 0 amide bonds. The molecule has 0 fully saturated rings. The van der Waals surface area contributed by atoms with Gasteiger partial charge in [-0.15, -0.1) is 0 Å². The number of anilines is 1. The van der Waals surface area contributed by atoms with Crippen LogP contribution in [0.2, 0.25) is 0 Å². The number of rotatable bonds is 4. The van der Waals surface area contributed by atoms with Gasteiger partial charge in [0, 0.05) is 24.0 Å². The molecule has 138 valence electrons. The molecule has 0 saturated heterocycles. The second kappa shape index (κ2) is 6.71. The standard InChI is InChI=1S/C19H20N6O2/c1-12-16(18(26)27-10-14-7-5-4-6-8-14)17(15-9-21-24(3)13(15)2)25-19(23-12)20-11-22-25/h4-9,11,17H,10H2,1-3H3,(H,20,22,23). The van der Waals surface area contributed by atoms with Crippen LogP contribution in [-0.2, 0) is 23.2 Å². The number of nitrogens with one attached hydrogen (secondary N) is 1. The van der Waals surface area contributed by atoms with E-state index in [0.29, 0.717) is 17.2 Å². The SMILES string of the molecule is CC1=C(C(=O)OCc2ccccc2)C(c2cnn(C)c2C)n2ncnc2N1. The van der Waals surface area contributed by atoms with E-state index >= 15 is 0 Å². The molecule has 0 spiro atoms. The van der Waals surface area contributed by atoms with Gasteiger partial charge in [-0.25, -0.2) is 9.48 Å². The minimum Gasteiger partial charge on any atom is -0.457 e. The summed E-state index contributed by atoms with van der Waals surface area (Å²) >= 11 is 0. The smallest absolute Gasteiger partial charge is 0.338 e. The first-order chi connectivity index (χ1) is 13.1. The van der Waals surface area contributed by atoms with Crippen LogP contribution in [0.4, 0.5) is 5.95 Å². The number of nitrogens with zero attached hydrogens (tertiary/aromatic N) is 5. The summed E-state index contributed by atoms with van der Waals surface area (Å²) in [7, 11) is 1.87. The molecule has 3 aromatic rings. The predicted octanol–water partition coefficient (Wildman–Crippen LogP) is 2.35. The summed E-state index contributed by atoms with van der Waals surface area (Å²) in [6.07, 6.45) is 3.22. The molecule has 0 radical (unpaired) electrons. The van der Waals surface area contributed by atoms with E-state index in [9.17, 15) is 4.79 Å². The molecule has 27 heavy (non-hydrogen) atoms. The normalized spacial score (nSPS) is 16.0. The van der Waals surface area contributed by atoms with Crippen LogP contribution >= 0.6 is 0 Å². The Morgan fingerprint density at radius 2 is 2.00 bits per heavy atom. The molecule has 0 saturated carbocycles. The van der Waals surface area contributed by atoms with Crippen molar-refractivity contribution in [2.45, 2.75) is 26.5 Å². The summed E-state index contributed by atoms with van der Waals surface area (Å²) in [6, 6.07) is 9.16. The van der Waals surface area contributed by atoms with Gasteiger partial charge in [0.05, 0.1) is 11.8 Å². The Morgan fingerprint density at radius 3 is 2.70 bits per heavy atom. The molecule has 1 aromatic carbocycles. The Balaban J connectivity index is 1.70. The number of benzene rings is 1. The molecule has 0 bridgehead atoms. The number of esters is 1. The van der Waals surface area contributed by atoms with E-state index < -0.39 is 12.0 Å². The minimum absolute atomic E-state index is 0.208. The summed E-state index contributed by atoms with van der Waals surface area (Å²) in [4.78, 5) is 17.2. The lowest BCUT2D eigenvalue weighted by molar-refractivity contribution is -0.140. The summed E-state index contributed by atoms with van der Waals surface area (Å²) in [5, 5.41) is 11.8. The number of aromatic nitrogens is 5. The van der Waals surface area contributed by atoms with Crippen LogP contribution in [0.15, 0.2) is 54.1 Å². The highest BCUT2D eigenvalue weighted by molar-refractivity contribution is 5.92. The van der Waals surface area contributed by atoms with E-state index in [0.717, 1.165) is 16.8 Å². The maximum Gasteiger partial charge on any atom is 0.338 e. The molecule has 8 heteroatoms. The molecule has 3 heterocycles. The largest absolute Gasteiger partial charge is 0.457 e. The number of ether oxygens (including phenoxy) is 1. The van der Waals surface area contributed by atoms with Gasteiger partial charge in [-0.2, -0.15) is 15.2 Å². The van der Waals surface area contributed by atoms with Crippen molar-refractivity contribution in [3.63, 3.8) is 0 Å². The molecular formula is C19H20N6O2. The molecule has 1 unspecified atom stereocenters. The van der Waals surface area contributed by atoms with Gasteiger partial charge in [-0.3, -0.25) is 4.68 Å². The molecule has 1 aliphatic heterocycles. The van der Waals surface area contributed by atoms with Gasteiger partial charge in [0.2, 0.25) is 5.95 Å². The van der Waals surface area contributed by atoms with Crippen LogP contribution in [0.25, 0.3) is 0 Å². The van der Waals surface area contributed by atoms with Gasteiger partial charge >= 0.3 is 5.97 Å². The van der Waals surface area contributed by atoms with Crippen molar-refractivity contribution in [3.8, 4) is 0 Å². The van der Waals surface area contributed by atoms with E-state index in [1.54, 1.807) is 15.6 Å². The van der Waals surface area contributed by atoms with Gasteiger partial charge in [-0.05, 0) is 19.4 Å². The van der Waals surface area contributed by atoms with Crippen molar-refractivity contribution in [2.24, 2.45) is 7.05 Å². The van der Waals surface area contributed by atoms with E-state index in [-0.39, 0.29) is 6.61 Å². The Bertz CT molecular complexity index is 1020. The topological polar surface area (TPSA) is 86.9 Å². The van der Waals surface area contributed by atoms with E-state index in [4.69, 9.17) is 4.74 Å². The average molecular weight is 364 g/mol. The van der Waals surface area contributed by atoms with Gasteiger partial charge in [0.25, 0.3) is 0 Å². The van der Waals surface area contributed by atoms with Gasteiger partial charge in [-0.1, -0.05) is 30.3 Å². The Kier molecular flexibility index (Phi) is 4.23. The maximum absolute atomic E-state index is 13.0. The molecule has 8 nitrogen and oxygen atoms in total. The van der Waals surface area contributed by atoms with Crippen molar-refractivity contribution < 1.29 is 9.53 Å². The summed E-state index contributed by atoms with van der Waals surface area (Å²) in [5.41, 5.74) is 3.96. The van der Waals surface area contributed by atoms with Gasteiger partial charge in [0.1, 0.15) is 19.0 Å². The Hall–Kier alpha value is -3.42. The second-order valence-corrected chi connectivity index (χ2v) is 6.47. The van der Waals surface area contributed by atoms with Crippen molar-refractivity contribution in [1.29, 1.82) is 0 Å². The molecule has 0 aliphatic carbocycles.